The molecule has 0 unspecified atom stereocenters. The molecule has 0 bridgehead atoms. The molecular formula is C7H13N3O2. The van der Waals surface area contributed by atoms with Crippen LogP contribution < -0.4 is 11.5 Å². The molecule has 5 N–H and O–H groups in total. The van der Waals surface area contributed by atoms with Crippen LogP contribution in [0.25, 0.3) is 0 Å². The molecule has 1 atom stereocenters. The van der Waals surface area contributed by atoms with Crippen LogP contribution in [0.5, 0.6) is 0 Å². The minimum atomic E-state index is -1.08. The van der Waals surface area contributed by atoms with Crippen LogP contribution >= 0.6 is 0 Å². The van der Waals surface area contributed by atoms with Crippen LogP contribution in [0.1, 0.15) is 13.3 Å². The van der Waals surface area contributed by atoms with Crippen LogP contribution in [-0.4, -0.2) is 23.5 Å². The Labute approximate surface area is 70.8 Å². The molecule has 0 spiro atoms. The van der Waals surface area contributed by atoms with Gasteiger partial charge in [-0.05, 0) is 12.5 Å². The van der Waals surface area contributed by atoms with Gasteiger partial charge in [-0.15, -0.1) is 0 Å². The Morgan fingerprint density at radius 3 is 2.67 bits per heavy atom. The summed E-state index contributed by atoms with van der Waals surface area (Å²) >= 11 is 0. The third-order valence-electron chi connectivity index (χ3n) is 1.26. The number of carboxylic acids is 1. The largest absolute Gasteiger partial charge is 0.480 e. The number of aliphatic carboxylic acids is 1. The van der Waals surface area contributed by atoms with Gasteiger partial charge in [0.15, 0.2) is 0 Å². The molecular weight excluding hydrogens is 158 g/mol. The fourth-order valence-corrected chi connectivity index (χ4v) is 0.626. The second-order valence-electron chi connectivity index (χ2n) is 2.15. The lowest BCUT2D eigenvalue weighted by atomic mass is 10.2. The zero-order valence-electron chi connectivity index (χ0n) is 6.90. The molecule has 0 heterocycles. The maximum atomic E-state index is 10.3. The summed E-state index contributed by atoms with van der Waals surface area (Å²) in [5, 5.41) is 8.44. The second-order valence-corrected chi connectivity index (χ2v) is 2.15. The van der Waals surface area contributed by atoms with Gasteiger partial charge in [0.2, 0.25) is 0 Å². The summed E-state index contributed by atoms with van der Waals surface area (Å²) in [7, 11) is 0. The molecule has 0 amide bonds. The minimum Gasteiger partial charge on any atom is -0.480 e. The molecule has 0 aliphatic heterocycles. The summed E-state index contributed by atoms with van der Waals surface area (Å²) in [6.45, 7) is 1.84. The van der Waals surface area contributed by atoms with Crippen LogP contribution in [-0.2, 0) is 4.79 Å². The summed E-state index contributed by atoms with van der Waals surface area (Å²) in [6.07, 6.45) is 3.09. The van der Waals surface area contributed by atoms with E-state index in [0.29, 0.717) is 12.1 Å². The van der Waals surface area contributed by atoms with Crippen LogP contribution in [0.2, 0.25) is 0 Å². The first-order valence-electron chi connectivity index (χ1n) is 3.55. The van der Waals surface area contributed by atoms with Gasteiger partial charge < -0.3 is 16.6 Å². The van der Waals surface area contributed by atoms with Crippen molar-refractivity contribution in [2.45, 2.75) is 19.4 Å². The van der Waals surface area contributed by atoms with Crippen LogP contribution in [0, 0.1) is 0 Å². The maximum absolute atomic E-state index is 10.3. The van der Waals surface area contributed by atoms with Gasteiger partial charge in [0.1, 0.15) is 6.04 Å². The van der Waals surface area contributed by atoms with Gasteiger partial charge in [0.25, 0.3) is 0 Å². The highest BCUT2D eigenvalue weighted by Crippen LogP contribution is 2.02. The fourth-order valence-electron chi connectivity index (χ4n) is 0.626. The summed E-state index contributed by atoms with van der Waals surface area (Å²) < 4.78 is 0. The molecule has 0 fully saturated rings. The number of carbonyl (C=O) groups is 1. The molecule has 0 saturated heterocycles. The van der Waals surface area contributed by atoms with Gasteiger partial charge in [-0.25, -0.2) is 4.99 Å². The monoisotopic (exact) mass is 171 g/mol. The van der Waals surface area contributed by atoms with Crippen LogP contribution in [0.15, 0.2) is 16.8 Å². The SMILES string of the molecule is CC/C(=C/[C@H](N)C(=O)O)N=CN. The van der Waals surface area contributed by atoms with Crippen molar-refractivity contribution < 1.29 is 9.90 Å². The molecule has 12 heavy (non-hydrogen) atoms. The zero-order valence-corrected chi connectivity index (χ0v) is 6.90. The van der Waals surface area contributed by atoms with Crippen molar-refractivity contribution in [3.8, 4) is 0 Å². The lowest BCUT2D eigenvalue weighted by molar-refractivity contribution is -0.137. The number of hydrogen-bond acceptors (Lipinski definition) is 3. The number of nitrogens with zero attached hydrogens (tertiary/aromatic N) is 1. The van der Waals surface area contributed by atoms with Crippen molar-refractivity contribution in [2.24, 2.45) is 16.5 Å². The minimum absolute atomic E-state index is 0.576. The van der Waals surface area contributed by atoms with Crippen molar-refractivity contribution in [1.29, 1.82) is 0 Å². The Bertz CT molecular complexity index is 211. The molecule has 0 aromatic rings. The number of aliphatic imine (C=N–C) groups is 1. The Hall–Kier alpha value is -1.36. The Kier molecular flexibility index (Phi) is 4.71. The molecule has 0 saturated carbocycles. The number of allylic oxidation sites excluding steroid dienone is 1. The first-order chi connectivity index (χ1) is 5.61. The third-order valence-corrected chi connectivity index (χ3v) is 1.26. The Balaban J connectivity index is 4.37. The quantitative estimate of drug-likeness (QED) is 0.398. The summed E-state index contributed by atoms with van der Waals surface area (Å²) in [4.78, 5) is 14.0. The Morgan fingerprint density at radius 1 is 1.75 bits per heavy atom. The molecule has 0 aromatic carbocycles. The highest BCUT2D eigenvalue weighted by Gasteiger charge is 2.07. The number of nitrogens with two attached hydrogens (primary N) is 2. The Morgan fingerprint density at radius 2 is 2.33 bits per heavy atom. The summed E-state index contributed by atoms with van der Waals surface area (Å²) in [5.41, 5.74) is 10.8. The normalized spacial score (nSPS) is 15.0. The van der Waals surface area contributed by atoms with Gasteiger partial charge in [-0.1, -0.05) is 6.92 Å². The lowest BCUT2D eigenvalue weighted by Crippen LogP contribution is -2.27. The number of hydrogen-bond donors (Lipinski definition) is 3. The van der Waals surface area contributed by atoms with Crippen LogP contribution in [0.3, 0.4) is 0 Å². The topological polar surface area (TPSA) is 102 Å². The second kappa shape index (κ2) is 5.31. The van der Waals surface area contributed by atoms with Gasteiger partial charge >= 0.3 is 5.97 Å². The first-order valence-corrected chi connectivity index (χ1v) is 3.55. The predicted molar refractivity (Wildman–Crippen MR) is 46.7 cm³/mol. The van der Waals surface area contributed by atoms with Crippen molar-refractivity contribution in [2.75, 3.05) is 0 Å². The zero-order chi connectivity index (χ0) is 9.56. The van der Waals surface area contributed by atoms with E-state index in [1.807, 2.05) is 6.92 Å². The predicted octanol–water partition coefficient (Wildman–Crippen LogP) is -0.321. The van der Waals surface area contributed by atoms with E-state index in [4.69, 9.17) is 16.6 Å². The van der Waals surface area contributed by atoms with Gasteiger partial charge in [0, 0.05) is 5.70 Å². The van der Waals surface area contributed by atoms with E-state index in [2.05, 4.69) is 4.99 Å². The van der Waals surface area contributed by atoms with E-state index in [1.165, 1.54) is 6.08 Å². The van der Waals surface area contributed by atoms with Crippen molar-refractivity contribution >= 4 is 12.3 Å². The van der Waals surface area contributed by atoms with E-state index in [-0.39, 0.29) is 0 Å². The van der Waals surface area contributed by atoms with Crippen molar-refractivity contribution in [1.82, 2.24) is 0 Å². The maximum Gasteiger partial charge on any atom is 0.324 e. The first kappa shape index (κ1) is 10.6. The lowest BCUT2D eigenvalue weighted by Gasteiger charge is -2.00. The fraction of sp³-hybridized carbons (Fsp3) is 0.429. The van der Waals surface area contributed by atoms with Crippen molar-refractivity contribution in [3.05, 3.63) is 11.8 Å². The molecule has 0 aliphatic rings. The molecule has 5 heteroatoms. The summed E-state index contributed by atoms with van der Waals surface area (Å²) in [5.74, 6) is -1.08. The van der Waals surface area contributed by atoms with E-state index < -0.39 is 12.0 Å². The van der Waals surface area contributed by atoms with E-state index in [1.54, 1.807) is 0 Å². The smallest absolute Gasteiger partial charge is 0.324 e. The molecule has 5 nitrogen and oxygen atoms in total. The highest BCUT2D eigenvalue weighted by molar-refractivity contribution is 5.75. The van der Waals surface area contributed by atoms with E-state index in [0.717, 1.165) is 6.34 Å². The summed E-state index contributed by atoms with van der Waals surface area (Å²) in [6, 6.07) is -1.01. The number of rotatable bonds is 4. The van der Waals surface area contributed by atoms with Gasteiger partial charge in [-0.2, -0.15) is 0 Å². The van der Waals surface area contributed by atoms with Gasteiger partial charge in [-0.3, -0.25) is 4.79 Å². The molecule has 0 aromatic heterocycles. The van der Waals surface area contributed by atoms with E-state index in [9.17, 15) is 4.79 Å². The molecule has 0 radical (unpaired) electrons. The van der Waals surface area contributed by atoms with Crippen LogP contribution in [0.4, 0.5) is 0 Å². The average Bonchev–Trinajstić information content (AvgIpc) is 2.03. The third kappa shape index (κ3) is 3.72. The number of carboxylic acid groups (broad SMARTS) is 1. The standard InChI is InChI=1S/C7H13N3O2/c1-2-5(10-4-8)3-6(9)7(11)12/h3-4,6H,2,9H2,1H3,(H2,8,10)(H,11,12)/b5-3-/t6-/m0/s1. The molecule has 68 valence electrons. The van der Waals surface area contributed by atoms with Gasteiger partial charge in [0.05, 0.1) is 6.34 Å². The molecule has 0 aliphatic carbocycles. The van der Waals surface area contributed by atoms with Crippen molar-refractivity contribution in [3.63, 3.8) is 0 Å². The average molecular weight is 171 g/mol. The highest BCUT2D eigenvalue weighted by atomic mass is 16.4. The van der Waals surface area contributed by atoms with E-state index >= 15 is 0 Å². The molecule has 0 rings (SSSR count).